The van der Waals surface area contributed by atoms with Gasteiger partial charge in [-0.2, -0.15) is 5.10 Å². The Morgan fingerprint density at radius 3 is 2.61 bits per heavy atom. The number of H-pyrrole nitrogens is 1. The van der Waals surface area contributed by atoms with E-state index in [1.54, 1.807) is 38.4 Å². The molecule has 3 N–H and O–H groups in total. The highest BCUT2D eigenvalue weighted by atomic mass is 16.6. The van der Waals surface area contributed by atoms with Crippen LogP contribution in [0.2, 0.25) is 0 Å². The summed E-state index contributed by atoms with van der Waals surface area (Å²) in [7, 11) is 3.40. The Kier molecular flexibility index (Phi) is 8.08. The highest BCUT2D eigenvalue weighted by molar-refractivity contribution is 5.94. The fraction of sp³-hybridized carbons (Fsp3) is 0.500. The standard InChI is InChI=1S/C24H33N5O4/c1-5-15(2)25-24(32)33-19-11-10-18(13-19)20-14-21(28-27-20)26-22(30)12-16-6-8-17(9-7-16)23(31)29(3)4/h6-9,14-15,18-19H,5,10-13H2,1-4H3,(H,25,32)(H2,26,27,28,30)/t15-,18-,19+/m0/s1. The Hall–Kier alpha value is -3.36. The van der Waals surface area contributed by atoms with Gasteiger partial charge in [0.1, 0.15) is 6.10 Å². The van der Waals surface area contributed by atoms with Crippen LogP contribution in [0.15, 0.2) is 30.3 Å². The van der Waals surface area contributed by atoms with E-state index in [0.717, 1.165) is 36.9 Å². The van der Waals surface area contributed by atoms with Crippen LogP contribution in [0, 0.1) is 0 Å². The van der Waals surface area contributed by atoms with E-state index in [1.807, 2.05) is 19.9 Å². The minimum absolute atomic E-state index is 0.0780. The van der Waals surface area contributed by atoms with Gasteiger partial charge in [0, 0.05) is 43.4 Å². The molecule has 0 bridgehead atoms. The number of nitrogens with one attached hydrogen (secondary N) is 3. The summed E-state index contributed by atoms with van der Waals surface area (Å²) in [5.41, 5.74) is 2.31. The van der Waals surface area contributed by atoms with Crippen molar-refractivity contribution in [2.45, 2.75) is 64.0 Å². The average Bonchev–Trinajstić information content (AvgIpc) is 3.43. The monoisotopic (exact) mass is 455 g/mol. The van der Waals surface area contributed by atoms with Crippen LogP contribution < -0.4 is 10.6 Å². The minimum Gasteiger partial charge on any atom is -0.446 e. The number of aromatic amines is 1. The lowest BCUT2D eigenvalue weighted by Crippen LogP contribution is -2.34. The SMILES string of the molecule is CC[C@H](C)NC(=O)O[C@@H]1CC[C@H](c2cc(NC(=O)Cc3ccc(C(=O)N(C)C)cc3)n[nH]2)C1. The van der Waals surface area contributed by atoms with Gasteiger partial charge in [-0.25, -0.2) is 4.79 Å². The number of amides is 3. The van der Waals surface area contributed by atoms with Crippen LogP contribution >= 0.6 is 0 Å². The molecule has 9 heteroatoms. The number of hydrogen-bond acceptors (Lipinski definition) is 5. The fourth-order valence-electron chi connectivity index (χ4n) is 3.82. The van der Waals surface area contributed by atoms with Gasteiger partial charge >= 0.3 is 6.09 Å². The van der Waals surface area contributed by atoms with Gasteiger partial charge in [-0.3, -0.25) is 14.7 Å². The maximum atomic E-state index is 12.4. The number of alkyl carbamates (subject to hydrolysis) is 1. The number of aromatic nitrogens is 2. The van der Waals surface area contributed by atoms with Crippen LogP contribution in [-0.4, -0.2) is 59.2 Å². The molecule has 1 fully saturated rings. The molecule has 1 saturated carbocycles. The van der Waals surface area contributed by atoms with Crippen LogP contribution in [0.5, 0.6) is 0 Å². The van der Waals surface area contributed by atoms with E-state index in [9.17, 15) is 14.4 Å². The van der Waals surface area contributed by atoms with Crippen molar-refractivity contribution in [1.82, 2.24) is 20.4 Å². The molecule has 0 spiro atoms. The lowest BCUT2D eigenvalue weighted by Gasteiger charge is -2.16. The minimum atomic E-state index is -0.369. The first-order chi connectivity index (χ1) is 15.7. The van der Waals surface area contributed by atoms with Crippen molar-refractivity contribution in [3.63, 3.8) is 0 Å². The second kappa shape index (κ2) is 11.0. The Bertz CT molecular complexity index is 969. The highest BCUT2D eigenvalue weighted by Crippen LogP contribution is 2.35. The zero-order chi connectivity index (χ0) is 24.0. The molecule has 1 heterocycles. The third-order valence-corrected chi connectivity index (χ3v) is 5.91. The molecule has 3 atom stereocenters. The maximum Gasteiger partial charge on any atom is 0.407 e. The van der Waals surface area contributed by atoms with Gasteiger partial charge in [0.25, 0.3) is 5.91 Å². The van der Waals surface area contributed by atoms with E-state index in [2.05, 4.69) is 20.8 Å². The number of rotatable bonds is 8. The molecule has 1 aliphatic carbocycles. The molecule has 33 heavy (non-hydrogen) atoms. The molecule has 1 aliphatic rings. The summed E-state index contributed by atoms with van der Waals surface area (Å²) in [5.74, 6) is 0.402. The molecule has 3 amide bonds. The van der Waals surface area contributed by atoms with Gasteiger partial charge in [0.15, 0.2) is 5.82 Å². The molecule has 0 unspecified atom stereocenters. The normalized spacial score (nSPS) is 18.4. The van der Waals surface area contributed by atoms with E-state index in [0.29, 0.717) is 11.4 Å². The van der Waals surface area contributed by atoms with Crippen LogP contribution in [0.1, 0.15) is 67.1 Å². The molecule has 1 aromatic heterocycles. The molecule has 2 aromatic rings. The van der Waals surface area contributed by atoms with Crippen LogP contribution in [0.4, 0.5) is 10.6 Å². The smallest absolute Gasteiger partial charge is 0.407 e. The number of carbonyl (C=O) groups is 3. The number of anilines is 1. The summed E-state index contributed by atoms with van der Waals surface area (Å²) in [5, 5.41) is 12.8. The van der Waals surface area contributed by atoms with E-state index in [4.69, 9.17) is 4.74 Å². The topological polar surface area (TPSA) is 116 Å². The van der Waals surface area contributed by atoms with Gasteiger partial charge in [0.05, 0.1) is 6.42 Å². The molecular weight excluding hydrogens is 422 g/mol. The predicted molar refractivity (Wildman–Crippen MR) is 125 cm³/mol. The zero-order valence-corrected chi connectivity index (χ0v) is 19.7. The Labute approximate surface area is 194 Å². The van der Waals surface area contributed by atoms with Gasteiger partial charge < -0.3 is 20.3 Å². The van der Waals surface area contributed by atoms with Crippen LogP contribution in [-0.2, 0) is 16.0 Å². The third kappa shape index (κ3) is 6.81. The van der Waals surface area contributed by atoms with Crippen molar-refractivity contribution < 1.29 is 19.1 Å². The summed E-state index contributed by atoms with van der Waals surface area (Å²) in [4.78, 5) is 37.8. The summed E-state index contributed by atoms with van der Waals surface area (Å²) < 4.78 is 5.53. The van der Waals surface area contributed by atoms with Gasteiger partial charge in [-0.1, -0.05) is 19.1 Å². The van der Waals surface area contributed by atoms with E-state index in [-0.39, 0.29) is 42.4 Å². The van der Waals surface area contributed by atoms with Crippen molar-refractivity contribution in [3.8, 4) is 0 Å². The quantitative estimate of drug-likeness (QED) is 0.564. The van der Waals surface area contributed by atoms with Crippen molar-refractivity contribution in [2.24, 2.45) is 0 Å². The predicted octanol–water partition coefficient (Wildman–Crippen LogP) is 3.45. The average molecular weight is 456 g/mol. The fourth-order valence-corrected chi connectivity index (χ4v) is 3.82. The largest absolute Gasteiger partial charge is 0.446 e. The summed E-state index contributed by atoms with van der Waals surface area (Å²) in [6, 6.07) is 8.93. The van der Waals surface area contributed by atoms with Crippen LogP contribution in [0.25, 0.3) is 0 Å². The molecule has 0 aliphatic heterocycles. The zero-order valence-electron chi connectivity index (χ0n) is 19.7. The second-order valence-electron chi connectivity index (χ2n) is 8.82. The molecule has 178 valence electrons. The summed E-state index contributed by atoms with van der Waals surface area (Å²) >= 11 is 0. The Morgan fingerprint density at radius 2 is 1.94 bits per heavy atom. The summed E-state index contributed by atoms with van der Waals surface area (Å²) in [6.45, 7) is 3.95. The molecule has 0 saturated heterocycles. The lowest BCUT2D eigenvalue weighted by atomic mass is 10.0. The van der Waals surface area contributed by atoms with Crippen LogP contribution in [0.3, 0.4) is 0 Å². The first-order valence-electron chi connectivity index (χ1n) is 11.4. The van der Waals surface area contributed by atoms with Gasteiger partial charge in [-0.15, -0.1) is 0 Å². The number of hydrogen-bond donors (Lipinski definition) is 3. The maximum absolute atomic E-state index is 12.4. The van der Waals surface area contributed by atoms with Crippen molar-refractivity contribution in [2.75, 3.05) is 19.4 Å². The number of nitrogens with zero attached hydrogens (tertiary/aromatic N) is 2. The van der Waals surface area contributed by atoms with Crippen molar-refractivity contribution >= 4 is 23.7 Å². The Morgan fingerprint density at radius 1 is 1.21 bits per heavy atom. The Balaban J connectivity index is 1.48. The number of carbonyl (C=O) groups excluding carboxylic acids is 3. The molecular formula is C24H33N5O4. The first kappa shape index (κ1) is 24.3. The van der Waals surface area contributed by atoms with Crippen molar-refractivity contribution in [1.29, 1.82) is 0 Å². The number of ether oxygens (including phenoxy) is 1. The van der Waals surface area contributed by atoms with Gasteiger partial charge in [0.2, 0.25) is 5.91 Å². The second-order valence-corrected chi connectivity index (χ2v) is 8.82. The molecule has 1 aromatic carbocycles. The van der Waals surface area contributed by atoms with Gasteiger partial charge in [-0.05, 0) is 50.3 Å². The molecule has 3 rings (SSSR count). The third-order valence-electron chi connectivity index (χ3n) is 5.91. The summed E-state index contributed by atoms with van der Waals surface area (Å²) in [6.07, 6.45) is 2.95. The van der Waals surface area contributed by atoms with Crippen molar-refractivity contribution in [3.05, 3.63) is 47.2 Å². The number of benzene rings is 1. The van der Waals surface area contributed by atoms with E-state index in [1.165, 1.54) is 4.90 Å². The molecule has 0 radical (unpaired) electrons. The first-order valence-corrected chi connectivity index (χ1v) is 11.4. The lowest BCUT2D eigenvalue weighted by molar-refractivity contribution is -0.115. The highest BCUT2D eigenvalue weighted by Gasteiger charge is 2.30. The molecule has 9 nitrogen and oxygen atoms in total. The van der Waals surface area contributed by atoms with E-state index >= 15 is 0 Å². The van der Waals surface area contributed by atoms with E-state index < -0.39 is 0 Å².